The molecule has 4 heteroatoms. The summed E-state index contributed by atoms with van der Waals surface area (Å²) in [6.45, 7) is 9.62. The van der Waals surface area contributed by atoms with E-state index in [9.17, 15) is 9.59 Å². The van der Waals surface area contributed by atoms with E-state index >= 15 is 0 Å². The van der Waals surface area contributed by atoms with Crippen molar-refractivity contribution in [2.75, 3.05) is 6.61 Å². The van der Waals surface area contributed by atoms with Crippen LogP contribution in [0.25, 0.3) is 0 Å². The molecule has 2 rings (SSSR count). The predicted molar refractivity (Wildman–Crippen MR) is 84.1 cm³/mol. The molecule has 1 heterocycles. The van der Waals surface area contributed by atoms with Gasteiger partial charge in [-0.05, 0) is 36.6 Å². The molecule has 0 fully saturated rings. The number of carbonyl (C=O) groups is 2. The van der Waals surface area contributed by atoms with Crippen LogP contribution in [-0.2, 0) is 16.0 Å². The van der Waals surface area contributed by atoms with Gasteiger partial charge in [0, 0.05) is 24.0 Å². The molecule has 0 spiro atoms. The van der Waals surface area contributed by atoms with Crippen LogP contribution in [0.4, 0.5) is 0 Å². The molecule has 1 aromatic rings. The van der Waals surface area contributed by atoms with Crippen LogP contribution in [0.3, 0.4) is 0 Å². The van der Waals surface area contributed by atoms with Gasteiger partial charge >= 0.3 is 5.97 Å². The van der Waals surface area contributed by atoms with Crippen molar-refractivity contribution in [2.24, 2.45) is 5.92 Å². The van der Waals surface area contributed by atoms with Gasteiger partial charge < -0.3 is 9.47 Å². The summed E-state index contributed by atoms with van der Waals surface area (Å²) in [7, 11) is 0. The van der Waals surface area contributed by atoms with Gasteiger partial charge in [-0.1, -0.05) is 20.4 Å². The van der Waals surface area contributed by atoms with Crippen molar-refractivity contribution in [3.8, 4) is 5.75 Å². The van der Waals surface area contributed by atoms with Gasteiger partial charge in [0.2, 0.25) is 0 Å². The van der Waals surface area contributed by atoms with Gasteiger partial charge in [0.15, 0.2) is 5.78 Å². The highest BCUT2D eigenvalue weighted by Gasteiger charge is 2.26. The SMILES string of the molecule is C=C(COC(=O)CC(C)C)[C@@H]1Cc2cc(C(C)=O)ccc2O1. The third kappa shape index (κ3) is 3.97. The number of ketones is 1. The molecule has 1 aromatic carbocycles. The average molecular weight is 302 g/mol. The number of esters is 1. The number of fused-ring (bicyclic) bond motifs is 1. The first kappa shape index (κ1) is 16.3. The topological polar surface area (TPSA) is 52.6 Å². The molecular formula is C18H22O4. The molecule has 22 heavy (non-hydrogen) atoms. The fourth-order valence-electron chi connectivity index (χ4n) is 2.35. The summed E-state index contributed by atoms with van der Waals surface area (Å²) < 4.78 is 11.0. The number of ether oxygens (including phenoxy) is 2. The van der Waals surface area contributed by atoms with Gasteiger partial charge in [-0.3, -0.25) is 9.59 Å². The second-order valence-corrected chi connectivity index (χ2v) is 6.11. The Kier molecular flexibility index (Phi) is 5.01. The zero-order chi connectivity index (χ0) is 16.3. The summed E-state index contributed by atoms with van der Waals surface area (Å²) in [4.78, 5) is 23.0. The Morgan fingerprint density at radius 2 is 2.14 bits per heavy atom. The minimum Gasteiger partial charge on any atom is -0.485 e. The van der Waals surface area contributed by atoms with E-state index in [1.54, 1.807) is 13.0 Å². The van der Waals surface area contributed by atoms with Gasteiger partial charge in [-0.25, -0.2) is 0 Å². The third-order valence-corrected chi connectivity index (χ3v) is 3.59. The standard InChI is InChI=1S/C18H22O4/c1-11(2)7-18(20)21-10-12(3)17-9-15-8-14(13(4)19)5-6-16(15)22-17/h5-6,8,11,17H,3,7,9-10H2,1-2,4H3/t17-/m0/s1. The molecule has 0 aromatic heterocycles. The van der Waals surface area contributed by atoms with E-state index in [-0.39, 0.29) is 30.4 Å². The van der Waals surface area contributed by atoms with Crippen molar-refractivity contribution in [1.29, 1.82) is 0 Å². The molecule has 0 radical (unpaired) electrons. The molecule has 4 nitrogen and oxygen atoms in total. The molecule has 0 aliphatic carbocycles. The molecule has 0 saturated heterocycles. The van der Waals surface area contributed by atoms with Crippen LogP contribution in [0.15, 0.2) is 30.4 Å². The normalized spacial score (nSPS) is 16.1. The van der Waals surface area contributed by atoms with Crippen LogP contribution < -0.4 is 4.74 Å². The van der Waals surface area contributed by atoms with Crippen molar-refractivity contribution in [2.45, 2.75) is 39.7 Å². The van der Waals surface area contributed by atoms with Gasteiger partial charge in [0.25, 0.3) is 0 Å². The average Bonchev–Trinajstić information content (AvgIpc) is 2.86. The fraction of sp³-hybridized carbons (Fsp3) is 0.444. The molecule has 1 aliphatic rings. The van der Waals surface area contributed by atoms with Crippen LogP contribution in [0.2, 0.25) is 0 Å². The predicted octanol–water partition coefficient (Wildman–Crippen LogP) is 3.34. The molecule has 0 N–H and O–H groups in total. The van der Waals surface area contributed by atoms with Crippen LogP contribution >= 0.6 is 0 Å². The lowest BCUT2D eigenvalue weighted by Gasteiger charge is -2.14. The van der Waals surface area contributed by atoms with Gasteiger partial charge in [0.1, 0.15) is 18.5 Å². The first-order chi connectivity index (χ1) is 10.4. The maximum atomic E-state index is 11.6. The Morgan fingerprint density at radius 3 is 2.77 bits per heavy atom. The highest BCUT2D eigenvalue weighted by atomic mass is 16.5. The molecule has 0 amide bonds. The minimum atomic E-state index is -0.217. The fourth-order valence-corrected chi connectivity index (χ4v) is 2.35. The molecule has 0 saturated carbocycles. The van der Waals surface area contributed by atoms with Crippen molar-refractivity contribution >= 4 is 11.8 Å². The molecular weight excluding hydrogens is 280 g/mol. The summed E-state index contributed by atoms with van der Waals surface area (Å²) in [5.41, 5.74) is 2.40. The first-order valence-electron chi connectivity index (χ1n) is 7.50. The smallest absolute Gasteiger partial charge is 0.306 e. The highest BCUT2D eigenvalue weighted by Crippen LogP contribution is 2.32. The lowest BCUT2D eigenvalue weighted by molar-refractivity contribution is -0.143. The summed E-state index contributed by atoms with van der Waals surface area (Å²) in [5, 5.41) is 0. The number of rotatable bonds is 6. The van der Waals surface area contributed by atoms with Crippen molar-refractivity contribution in [3.63, 3.8) is 0 Å². The van der Waals surface area contributed by atoms with Crippen LogP contribution in [0, 0.1) is 5.92 Å². The van der Waals surface area contributed by atoms with Crippen molar-refractivity contribution in [3.05, 3.63) is 41.5 Å². The van der Waals surface area contributed by atoms with E-state index in [0.717, 1.165) is 16.9 Å². The Balaban J connectivity index is 1.91. The summed E-state index contributed by atoms with van der Waals surface area (Å²) >= 11 is 0. The van der Waals surface area contributed by atoms with E-state index in [2.05, 4.69) is 6.58 Å². The number of benzene rings is 1. The van der Waals surface area contributed by atoms with Gasteiger partial charge in [0.05, 0.1) is 0 Å². The third-order valence-electron chi connectivity index (χ3n) is 3.59. The summed E-state index contributed by atoms with van der Waals surface area (Å²) in [6, 6.07) is 5.43. The summed E-state index contributed by atoms with van der Waals surface area (Å²) in [5.74, 6) is 0.862. The number of hydrogen-bond donors (Lipinski definition) is 0. The largest absolute Gasteiger partial charge is 0.485 e. The molecule has 118 valence electrons. The monoisotopic (exact) mass is 302 g/mol. The van der Waals surface area contributed by atoms with E-state index in [0.29, 0.717) is 18.4 Å². The van der Waals surface area contributed by atoms with Gasteiger partial charge in [-0.15, -0.1) is 0 Å². The van der Waals surface area contributed by atoms with Crippen molar-refractivity contribution in [1.82, 2.24) is 0 Å². The van der Waals surface area contributed by atoms with E-state index in [1.807, 2.05) is 26.0 Å². The maximum Gasteiger partial charge on any atom is 0.306 e. The Labute approximate surface area is 131 Å². The molecule has 0 unspecified atom stereocenters. The van der Waals surface area contributed by atoms with E-state index in [1.165, 1.54) is 0 Å². The zero-order valence-corrected chi connectivity index (χ0v) is 13.3. The molecule has 1 atom stereocenters. The lowest BCUT2D eigenvalue weighted by atomic mass is 10.0. The van der Waals surface area contributed by atoms with E-state index < -0.39 is 0 Å². The van der Waals surface area contributed by atoms with Crippen LogP contribution in [0.5, 0.6) is 5.75 Å². The van der Waals surface area contributed by atoms with Gasteiger partial charge in [-0.2, -0.15) is 0 Å². The van der Waals surface area contributed by atoms with E-state index in [4.69, 9.17) is 9.47 Å². The Bertz CT molecular complexity index is 601. The number of Topliss-reactive ketones (excluding diaryl/α,β-unsaturated/α-hetero) is 1. The zero-order valence-electron chi connectivity index (χ0n) is 13.3. The number of carbonyl (C=O) groups excluding carboxylic acids is 2. The summed E-state index contributed by atoms with van der Waals surface area (Å²) in [6.07, 6.45) is 0.849. The minimum absolute atomic E-state index is 0.0349. The maximum absolute atomic E-state index is 11.6. The Hall–Kier alpha value is -2.10. The lowest BCUT2D eigenvalue weighted by Crippen LogP contribution is -2.21. The molecule has 0 bridgehead atoms. The Morgan fingerprint density at radius 1 is 1.41 bits per heavy atom. The second-order valence-electron chi connectivity index (χ2n) is 6.11. The van der Waals surface area contributed by atoms with Crippen molar-refractivity contribution < 1.29 is 19.1 Å². The quantitative estimate of drug-likeness (QED) is 0.459. The highest BCUT2D eigenvalue weighted by molar-refractivity contribution is 5.94. The second kappa shape index (κ2) is 6.77. The van der Waals surface area contributed by atoms with Crippen LogP contribution in [0.1, 0.15) is 43.1 Å². The first-order valence-corrected chi connectivity index (χ1v) is 7.50. The number of hydrogen-bond acceptors (Lipinski definition) is 4. The van der Waals surface area contributed by atoms with Crippen LogP contribution in [-0.4, -0.2) is 24.5 Å². The molecule has 1 aliphatic heterocycles.